The van der Waals surface area contributed by atoms with Crippen molar-refractivity contribution in [2.45, 2.75) is 133 Å². The quantitative estimate of drug-likeness (QED) is 0.224. The Hall–Kier alpha value is -2.20. The maximum Gasteiger partial charge on any atom is 0.0484 e. The average Bonchev–Trinajstić information content (AvgIpc) is 2.88. The summed E-state index contributed by atoms with van der Waals surface area (Å²) in [4.78, 5) is 0. The molecule has 3 fully saturated rings. The van der Waals surface area contributed by atoms with Crippen molar-refractivity contribution in [3.05, 3.63) is 71.0 Å². The molecule has 1 heterocycles. The number of terminal acetylenes is 1. The first kappa shape index (κ1) is 34.1. The van der Waals surface area contributed by atoms with Gasteiger partial charge in [-0.05, 0) is 125 Å². The van der Waals surface area contributed by atoms with Gasteiger partial charge in [-0.1, -0.05) is 107 Å². The number of allylic oxidation sites excluding steroid dienone is 7. The Bertz CT molecular complexity index is 1380. The minimum atomic E-state index is -0.174. The lowest BCUT2D eigenvalue weighted by molar-refractivity contribution is -0.0997. The van der Waals surface area contributed by atoms with Crippen molar-refractivity contribution in [2.75, 3.05) is 0 Å². The van der Waals surface area contributed by atoms with Crippen LogP contribution in [0.15, 0.2) is 71.0 Å². The molecule has 2 bridgehead atoms. The van der Waals surface area contributed by atoms with Crippen LogP contribution in [-0.4, -0.2) is 6.04 Å². The van der Waals surface area contributed by atoms with E-state index in [-0.39, 0.29) is 21.7 Å². The summed E-state index contributed by atoms with van der Waals surface area (Å²) in [5, 5.41) is 3.86. The van der Waals surface area contributed by atoms with Crippen LogP contribution in [-0.2, 0) is 0 Å². The van der Waals surface area contributed by atoms with E-state index in [4.69, 9.17) is 19.6 Å². The summed E-state index contributed by atoms with van der Waals surface area (Å²) in [6.07, 6.45) is 21.9. The van der Waals surface area contributed by atoms with Crippen molar-refractivity contribution in [2.24, 2.45) is 57.2 Å². The molecule has 0 spiro atoms. The molecule has 1 N–H and O–H groups in total. The van der Waals surface area contributed by atoms with Gasteiger partial charge in [0.15, 0.2) is 0 Å². The molecular formula is C44H65N. The fourth-order valence-electron chi connectivity index (χ4n) is 11.2. The molecule has 4 aliphatic carbocycles. The summed E-state index contributed by atoms with van der Waals surface area (Å²) in [7, 11) is 0. The second-order valence-corrected chi connectivity index (χ2v) is 18.5. The van der Waals surface area contributed by atoms with Crippen LogP contribution >= 0.6 is 0 Å². The fourth-order valence-corrected chi connectivity index (χ4v) is 11.2. The topological polar surface area (TPSA) is 12.0 Å². The monoisotopic (exact) mass is 608 g/mol. The van der Waals surface area contributed by atoms with Gasteiger partial charge in [-0.2, -0.15) is 0 Å². The largest absolute Gasteiger partial charge is 0.382 e. The Morgan fingerprint density at radius 2 is 1.76 bits per heavy atom. The zero-order valence-corrected chi connectivity index (χ0v) is 30.8. The molecule has 0 radical (unpaired) electrons. The SMILES string of the molecule is C#CC12CC3C4CCC4CC(C)C3(C)C(=C)C(CC(=C)C)C(=C(C)[C@@H](CC(=C)CC3C=C(C)C=C(CC(C)(C)C)N3)C1)C2(C)C. The van der Waals surface area contributed by atoms with Gasteiger partial charge < -0.3 is 5.32 Å². The van der Waals surface area contributed by atoms with Crippen LogP contribution in [0, 0.1) is 69.5 Å². The molecule has 0 aromatic heterocycles. The first-order chi connectivity index (χ1) is 20.8. The Morgan fingerprint density at radius 1 is 1.07 bits per heavy atom. The number of hydrogen-bond acceptors (Lipinski definition) is 1. The van der Waals surface area contributed by atoms with Crippen LogP contribution in [0.2, 0.25) is 0 Å². The summed E-state index contributed by atoms with van der Waals surface area (Å²) in [5.74, 6) is 7.22. The van der Waals surface area contributed by atoms with Crippen LogP contribution in [0.1, 0.15) is 127 Å². The second-order valence-electron chi connectivity index (χ2n) is 18.5. The van der Waals surface area contributed by atoms with Gasteiger partial charge in [0.2, 0.25) is 0 Å². The van der Waals surface area contributed by atoms with Crippen LogP contribution in [0.4, 0.5) is 0 Å². The highest BCUT2D eigenvalue weighted by atomic mass is 14.9. The summed E-state index contributed by atoms with van der Waals surface area (Å²) >= 11 is 0. The Balaban J connectivity index is 1.52. The number of fused-ring (bicyclic) bond motifs is 5. The predicted molar refractivity (Wildman–Crippen MR) is 195 cm³/mol. The van der Waals surface area contributed by atoms with Gasteiger partial charge in [-0.25, -0.2) is 0 Å². The molecule has 9 atom stereocenters. The highest BCUT2D eigenvalue weighted by Crippen LogP contribution is 2.71. The lowest BCUT2D eigenvalue weighted by Crippen LogP contribution is -2.58. The number of dihydropyridines is 1. The molecular weight excluding hydrogens is 542 g/mol. The molecule has 45 heavy (non-hydrogen) atoms. The Morgan fingerprint density at radius 3 is 2.33 bits per heavy atom. The van der Waals surface area contributed by atoms with Gasteiger partial charge in [0.1, 0.15) is 0 Å². The van der Waals surface area contributed by atoms with E-state index < -0.39 is 0 Å². The van der Waals surface area contributed by atoms with E-state index in [9.17, 15) is 0 Å². The lowest BCUT2D eigenvalue weighted by atomic mass is 9.38. The third kappa shape index (κ3) is 5.92. The van der Waals surface area contributed by atoms with E-state index in [0.29, 0.717) is 29.7 Å². The summed E-state index contributed by atoms with van der Waals surface area (Å²) in [6.45, 7) is 38.2. The molecule has 0 aromatic rings. The zero-order chi connectivity index (χ0) is 33.3. The van der Waals surface area contributed by atoms with E-state index in [1.54, 1.807) is 11.1 Å². The molecule has 8 unspecified atom stereocenters. The maximum absolute atomic E-state index is 6.83. The van der Waals surface area contributed by atoms with Crippen LogP contribution in [0.25, 0.3) is 0 Å². The third-order valence-corrected chi connectivity index (χ3v) is 13.8. The average molecular weight is 608 g/mol. The molecule has 5 aliphatic rings. The van der Waals surface area contributed by atoms with Gasteiger partial charge in [0, 0.05) is 28.5 Å². The number of nitrogens with one attached hydrogen (secondary N) is 1. The number of rotatable bonds is 7. The van der Waals surface area contributed by atoms with Gasteiger partial charge in [0.05, 0.1) is 0 Å². The molecule has 246 valence electrons. The van der Waals surface area contributed by atoms with Crippen molar-refractivity contribution in [3.8, 4) is 12.3 Å². The van der Waals surface area contributed by atoms with E-state index >= 15 is 0 Å². The van der Waals surface area contributed by atoms with Crippen LogP contribution in [0.5, 0.6) is 0 Å². The van der Waals surface area contributed by atoms with E-state index in [1.807, 2.05) is 0 Å². The van der Waals surface area contributed by atoms with E-state index in [0.717, 1.165) is 50.4 Å². The first-order valence-electron chi connectivity index (χ1n) is 18.2. The highest BCUT2D eigenvalue weighted by molar-refractivity contribution is 5.44. The van der Waals surface area contributed by atoms with Crippen LogP contribution < -0.4 is 5.32 Å². The third-order valence-electron chi connectivity index (χ3n) is 13.8. The fraction of sp³-hybridized carbons (Fsp3) is 0.682. The van der Waals surface area contributed by atoms with Crippen molar-refractivity contribution in [3.63, 3.8) is 0 Å². The standard InChI is InChI=1S/C44H65N/c1-15-44-24-34(19-28(4)20-35-21-29(5)22-36(45-35)25-41(9,10)11)31(7)40(42(44,12)13)38(18-27(2)3)32(8)43(14)30(6)23-33-16-17-37(33)39(43)26-44/h1,21-22,30,33-35,37-39,45H,2,4,8,16-20,23-26H2,3,5-7,9-14H3/t30?,33?,34-,35?,37?,38?,39?,43?,44?/m0/s1. The summed E-state index contributed by atoms with van der Waals surface area (Å²) in [5.41, 5.74) is 10.0. The number of hydrogen-bond donors (Lipinski definition) is 1. The minimum Gasteiger partial charge on any atom is -0.382 e. The van der Waals surface area contributed by atoms with Crippen LogP contribution in [0.3, 0.4) is 0 Å². The molecule has 0 aromatic carbocycles. The van der Waals surface area contributed by atoms with E-state index in [1.165, 1.54) is 47.3 Å². The molecule has 1 nitrogen and oxygen atoms in total. The maximum atomic E-state index is 6.83. The highest BCUT2D eigenvalue weighted by Gasteiger charge is 2.63. The lowest BCUT2D eigenvalue weighted by Gasteiger charge is -2.66. The van der Waals surface area contributed by atoms with Gasteiger partial charge in [-0.15, -0.1) is 13.0 Å². The van der Waals surface area contributed by atoms with Gasteiger partial charge in [-0.3, -0.25) is 0 Å². The normalized spacial score (nSPS) is 39.0. The predicted octanol–water partition coefficient (Wildman–Crippen LogP) is 11.8. The minimum absolute atomic E-state index is 0.0919. The van der Waals surface area contributed by atoms with Gasteiger partial charge in [0.25, 0.3) is 0 Å². The first-order valence-corrected chi connectivity index (χ1v) is 18.2. The van der Waals surface area contributed by atoms with Crippen molar-refractivity contribution < 1.29 is 0 Å². The molecule has 0 saturated heterocycles. The second kappa shape index (κ2) is 11.8. The summed E-state index contributed by atoms with van der Waals surface area (Å²) < 4.78 is 0. The molecule has 0 amide bonds. The van der Waals surface area contributed by atoms with Crippen molar-refractivity contribution in [1.82, 2.24) is 5.32 Å². The van der Waals surface area contributed by atoms with Gasteiger partial charge >= 0.3 is 0 Å². The molecule has 3 saturated carbocycles. The molecule has 5 rings (SSSR count). The molecule has 1 heteroatoms. The van der Waals surface area contributed by atoms with Crippen molar-refractivity contribution >= 4 is 0 Å². The smallest absolute Gasteiger partial charge is 0.0484 e. The Labute approximate surface area is 278 Å². The Kier molecular flexibility index (Phi) is 8.95. The summed E-state index contributed by atoms with van der Waals surface area (Å²) in [6, 6.07) is 0.302. The van der Waals surface area contributed by atoms with E-state index in [2.05, 4.69) is 99.2 Å². The molecule has 1 aliphatic heterocycles. The van der Waals surface area contributed by atoms with Crippen molar-refractivity contribution in [1.29, 1.82) is 0 Å². The zero-order valence-electron chi connectivity index (χ0n) is 30.8.